The van der Waals surface area contributed by atoms with Crippen LogP contribution in [-0.4, -0.2) is 18.9 Å². The SMILES string of the molecule is Cc1cc(C)n(CC(=O)Nc2cc(Cl)cc(Cl)c2)c(=O)c1S(=O)(=O)c1ccccc1. The van der Waals surface area contributed by atoms with Crippen molar-refractivity contribution in [3.8, 4) is 0 Å². The summed E-state index contributed by atoms with van der Waals surface area (Å²) in [5.41, 5.74) is 0.395. The largest absolute Gasteiger partial charge is 0.324 e. The van der Waals surface area contributed by atoms with Crippen molar-refractivity contribution < 1.29 is 13.2 Å². The molecule has 0 aliphatic rings. The Balaban J connectivity index is 1.99. The first-order chi connectivity index (χ1) is 14.1. The molecule has 0 aliphatic heterocycles. The van der Waals surface area contributed by atoms with Crippen LogP contribution in [0.25, 0.3) is 0 Å². The number of anilines is 1. The van der Waals surface area contributed by atoms with Gasteiger partial charge in [0, 0.05) is 21.4 Å². The highest BCUT2D eigenvalue weighted by Crippen LogP contribution is 2.23. The van der Waals surface area contributed by atoms with E-state index >= 15 is 0 Å². The third-order valence-corrected chi connectivity index (χ3v) is 6.78. The number of sulfone groups is 1. The number of rotatable bonds is 5. The molecule has 0 unspecified atom stereocenters. The summed E-state index contributed by atoms with van der Waals surface area (Å²) in [6.07, 6.45) is 0. The van der Waals surface area contributed by atoms with E-state index < -0.39 is 21.3 Å². The second-order valence-electron chi connectivity index (χ2n) is 6.71. The summed E-state index contributed by atoms with van der Waals surface area (Å²) in [4.78, 5) is 25.3. The minimum Gasteiger partial charge on any atom is -0.324 e. The van der Waals surface area contributed by atoms with Gasteiger partial charge in [-0.1, -0.05) is 41.4 Å². The number of nitrogens with zero attached hydrogens (tertiary/aromatic N) is 1. The number of nitrogens with one attached hydrogen (secondary N) is 1. The number of carbonyl (C=O) groups is 1. The number of halogens is 2. The molecule has 0 spiro atoms. The van der Waals surface area contributed by atoms with Gasteiger partial charge in [0.15, 0.2) is 0 Å². The lowest BCUT2D eigenvalue weighted by Gasteiger charge is -2.15. The zero-order valence-electron chi connectivity index (χ0n) is 16.1. The Hall–Kier alpha value is -2.61. The lowest BCUT2D eigenvalue weighted by Crippen LogP contribution is -2.33. The van der Waals surface area contributed by atoms with Crippen molar-refractivity contribution in [1.82, 2.24) is 4.57 Å². The molecule has 0 bridgehead atoms. The first kappa shape index (κ1) is 22.1. The van der Waals surface area contributed by atoms with Crippen LogP contribution in [0, 0.1) is 13.8 Å². The fourth-order valence-corrected chi connectivity index (χ4v) is 5.22. The van der Waals surface area contributed by atoms with Crippen molar-refractivity contribution in [3.63, 3.8) is 0 Å². The summed E-state index contributed by atoms with van der Waals surface area (Å²) in [6, 6.07) is 13.8. The molecule has 6 nitrogen and oxygen atoms in total. The molecule has 1 aromatic heterocycles. The molecular weight excluding hydrogens is 447 g/mol. The zero-order chi connectivity index (χ0) is 22.1. The average molecular weight is 465 g/mol. The van der Waals surface area contributed by atoms with Gasteiger partial charge in [0.2, 0.25) is 15.7 Å². The van der Waals surface area contributed by atoms with Gasteiger partial charge in [0.05, 0.1) is 4.90 Å². The number of aromatic nitrogens is 1. The Morgan fingerprint density at radius 2 is 1.60 bits per heavy atom. The van der Waals surface area contributed by atoms with Gasteiger partial charge in [-0.15, -0.1) is 0 Å². The summed E-state index contributed by atoms with van der Waals surface area (Å²) in [5.74, 6) is -0.523. The van der Waals surface area contributed by atoms with Gasteiger partial charge in [0.1, 0.15) is 11.4 Å². The Morgan fingerprint density at radius 3 is 2.20 bits per heavy atom. The van der Waals surface area contributed by atoms with E-state index in [0.29, 0.717) is 27.0 Å². The average Bonchev–Trinajstić information content (AvgIpc) is 2.64. The summed E-state index contributed by atoms with van der Waals surface area (Å²) in [6.45, 7) is 2.83. The first-order valence-electron chi connectivity index (χ1n) is 8.86. The molecule has 156 valence electrons. The van der Waals surface area contributed by atoms with Crippen LogP contribution in [0.15, 0.2) is 69.2 Å². The van der Waals surface area contributed by atoms with Gasteiger partial charge in [-0.2, -0.15) is 0 Å². The van der Waals surface area contributed by atoms with Crippen molar-refractivity contribution in [2.24, 2.45) is 0 Å². The van der Waals surface area contributed by atoms with Crippen LogP contribution in [0.2, 0.25) is 10.0 Å². The van der Waals surface area contributed by atoms with Gasteiger partial charge in [-0.05, 0) is 55.8 Å². The van der Waals surface area contributed by atoms with Crippen molar-refractivity contribution >= 4 is 44.6 Å². The molecule has 0 fully saturated rings. The van der Waals surface area contributed by atoms with Crippen molar-refractivity contribution in [3.05, 3.63) is 86.3 Å². The maximum absolute atomic E-state index is 13.1. The summed E-state index contributed by atoms with van der Waals surface area (Å²) in [7, 11) is -4.05. The highest BCUT2D eigenvalue weighted by atomic mass is 35.5. The lowest BCUT2D eigenvalue weighted by atomic mass is 10.2. The maximum atomic E-state index is 13.1. The molecule has 30 heavy (non-hydrogen) atoms. The number of amides is 1. The Bertz CT molecular complexity index is 1270. The number of benzene rings is 2. The number of pyridine rings is 1. The van der Waals surface area contributed by atoms with Gasteiger partial charge >= 0.3 is 0 Å². The van der Waals surface area contributed by atoms with Crippen LogP contribution in [0.1, 0.15) is 11.3 Å². The molecule has 1 heterocycles. The topological polar surface area (TPSA) is 85.2 Å². The molecule has 3 rings (SSSR count). The van der Waals surface area contributed by atoms with Gasteiger partial charge < -0.3 is 9.88 Å². The van der Waals surface area contributed by atoms with Crippen LogP contribution in [0.3, 0.4) is 0 Å². The van der Waals surface area contributed by atoms with Crippen LogP contribution < -0.4 is 10.9 Å². The summed E-state index contributed by atoms with van der Waals surface area (Å²) < 4.78 is 27.2. The summed E-state index contributed by atoms with van der Waals surface area (Å²) in [5, 5.41) is 3.30. The number of hydrogen-bond acceptors (Lipinski definition) is 4. The minimum atomic E-state index is -4.05. The van der Waals surface area contributed by atoms with Gasteiger partial charge in [-0.3, -0.25) is 9.59 Å². The van der Waals surface area contributed by atoms with Crippen LogP contribution in [-0.2, 0) is 21.2 Å². The molecule has 0 radical (unpaired) electrons. The molecule has 9 heteroatoms. The third-order valence-electron chi connectivity index (χ3n) is 4.42. The lowest BCUT2D eigenvalue weighted by molar-refractivity contribution is -0.116. The Morgan fingerprint density at radius 1 is 1.00 bits per heavy atom. The van der Waals surface area contributed by atoms with E-state index in [9.17, 15) is 18.0 Å². The highest BCUT2D eigenvalue weighted by molar-refractivity contribution is 7.91. The number of carbonyl (C=O) groups excluding carboxylic acids is 1. The van der Waals surface area contributed by atoms with Gasteiger partial charge in [0.25, 0.3) is 5.56 Å². The quantitative estimate of drug-likeness (QED) is 0.611. The molecule has 0 atom stereocenters. The molecule has 2 aromatic carbocycles. The summed E-state index contributed by atoms with van der Waals surface area (Å²) >= 11 is 11.9. The third kappa shape index (κ3) is 4.59. The standard InChI is InChI=1S/C21H18Cl2N2O4S/c1-13-8-14(2)25(12-19(26)24-17-10-15(22)9-16(23)11-17)21(27)20(13)30(28,29)18-6-4-3-5-7-18/h3-11H,12H2,1-2H3,(H,24,26). The van der Waals surface area contributed by atoms with E-state index in [-0.39, 0.29) is 16.3 Å². The zero-order valence-corrected chi connectivity index (χ0v) is 18.5. The van der Waals surface area contributed by atoms with E-state index in [4.69, 9.17) is 23.2 Å². The van der Waals surface area contributed by atoms with E-state index in [1.807, 2.05) is 0 Å². The van der Waals surface area contributed by atoms with Crippen LogP contribution in [0.5, 0.6) is 0 Å². The predicted molar refractivity (Wildman–Crippen MR) is 117 cm³/mol. The van der Waals surface area contributed by atoms with Crippen molar-refractivity contribution in [1.29, 1.82) is 0 Å². The molecule has 0 saturated carbocycles. The Labute approximate surface area is 184 Å². The fourth-order valence-electron chi connectivity index (χ4n) is 3.12. The number of aryl methyl sites for hydroxylation is 2. The first-order valence-corrected chi connectivity index (χ1v) is 11.1. The normalized spacial score (nSPS) is 11.3. The molecule has 1 N–H and O–H groups in total. The predicted octanol–water partition coefficient (Wildman–Crippen LogP) is 4.24. The second kappa shape index (κ2) is 8.63. The van der Waals surface area contributed by atoms with Crippen molar-refractivity contribution in [2.75, 3.05) is 5.32 Å². The second-order valence-corrected chi connectivity index (χ2v) is 9.47. The Kier molecular flexibility index (Phi) is 6.36. The van der Waals surface area contributed by atoms with E-state index in [2.05, 4.69) is 5.32 Å². The monoisotopic (exact) mass is 464 g/mol. The van der Waals surface area contributed by atoms with Gasteiger partial charge in [-0.25, -0.2) is 8.42 Å². The maximum Gasteiger partial charge on any atom is 0.270 e. The molecule has 1 amide bonds. The fraction of sp³-hybridized carbons (Fsp3) is 0.143. The highest BCUT2D eigenvalue weighted by Gasteiger charge is 2.26. The van der Waals surface area contributed by atoms with E-state index in [1.165, 1.54) is 30.3 Å². The minimum absolute atomic E-state index is 0.0126. The molecule has 0 aliphatic carbocycles. The van der Waals surface area contributed by atoms with Crippen LogP contribution in [0.4, 0.5) is 5.69 Å². The number of hydrogen-bond donors (Lipinski definition) is 1. The molecular formula is C21H18Cl2N2O4S. The van der Waals surface area contributed by atoms with Crippen molar-refractivity contribution in [2.45, 2.75) is 30.2 Å². The van der Waals surface area contributed by atoms with Crippen LogP contribution >= 0.6 is 23.2 Å². The molecule has 0 saturated heterocycles. The smallest absolute Gasteiger partial charge is 0.270 e. The molecule has 3 aromatic rings. The van der Waals surface area contributed by atoms with E-state index in [0.717, 1.165) is 4.57 Å². The van der Waals surface area contributed by atoms with E-state index in [1.54, 1.807) is 38.1 Å².